The van der Waals surface area contributed by atoms with Gasteiger partial charge >= 0.3 is 5.97 Å². The quantitative estimate of drug-likeness (QED) is 0.545. The van der Waals surface area contributed by atoms with Gasteiger partial charge in [-0.25, -0.2) is 8.78 Å². The van der Waals surface area contributed by atoms with Crippen molar-refractivity contribution in [3.05, 3.63) is 71.3 Å². The summed E-state index contributed by atoms with van der Waals surface area (Å²) in [4.78, 5) is 35.2. The lowest BCUT2D eigenvalue weighted by atomic mass is 10.1. The zero-order chi connectivity index (χ0) is 19.8. The molecular formula is C19H18F2N2O4. The summed E-state index contributed by atoms with van der Waals surface area (Å²) in [5.41, 5.74) is 5.43. The second kappa shape index (κ2) is 9.42. The summed E-state index contributed by atoms with van der Waals surface area (Å²) in [5, 5.41) is 2.42. The minimum absolute atomic E-state index is 0.0668. The van der Waals surface area contributed by atoms with Gasteiger partial charge in [0.1, 0.15) is 11.6 Å². The average Bonchev–Trinajstić information content (AvgIpc) is 2.63. The number of ether oxygens (including phenoxy) is 1. The molecule has 0 saturated heterocycles. The van der Waals surface area contributed by atoms with E-state index in [2.05, 4.69) is 5.32 Å². The number of nitrogens with one attached hydrogen (secondary N) is 1. The first-order valence-corrected chi connectivity index (χ1v) is 8.15. The number of primary amides is 1. The highest BCUT2D eigenvalue weighted by Crippen LogP contribution is 2.17. The van der Waals surface area contributed by atoms with Crippen molar-refractivity contribution in [2.24, 2.45) is 5.73 Å². The molecular weight excluding hydrogens is 358 g/mol. The molecule has 2 aromatic carbocycles. The number of carbonyl (C=O) groups excluding carboxylic acids is 3. The number of nitrogens with two attached hydrogens (primary N) is 1. The maximum atomic E-state index is 13.5. The van der Waals surface area contributed by atoms with Crippen LogP contribution in [-0.2, 0) is 14.3 Å². The van der Waals surface area contributed by atoms with Gasteiger partial charge in [-0.2, -0.15) is 0 Å². The Hall–Kier alpha value is -3.29. The Bertz CT molecular complexity index is 828. The van der Waals surface area contributed by atoms with Crippen molar-refractivity contribution >= 4 is 17.8 Å². The minimum atomic E-state index is -1.19. The maximum absolute atomic E-state index is 13.5. The molecule has 0 fully saturated rings. The summed E-state index contributed by atoms with van der Waals surface area (Å²) in [5.74, 6) is -3.94. The Kier molecular flexibility index (Phi) is 6.99. The summed E-state index contributed by atoms with van der Waals surface area (Å²) in [6, 6.07) is 11.0. The Balaban J connectivity index is 1.80. The van der Waals surface area contributed by atoms with Crippen molar-refractivity contribution in [1.29, 1.82) is 0 Å². The first-order chi connectivity index (χ1) is 12.9. The van der Waals surface area contributed by atoms with E-state index in [1.165, 1.54) is 0 Å². The molecule has 0 saturated carbocycles. The van der Waals surface area contributed by atoms with Crippen LogP contribution in [-0.4, -0.2) is 24.3 Å². The molecule has 0 spiro atoms. The molecule has 0 aliphatic carbocycles. The summed E-state index contributed by atoms with van der Waals surface area (Å²) in [7, 11) is 0. The molecule has 142 valence electrons. The monoisotopic (exact) mass is 376 g/mol. The fourth-order valence-corrected chi connectivity index (χ4v) is 2.31. The summed E-state index contributed by atoms with van der Waals surface area (Å²) >= 11 is 0. The van der Waals surface area contributed by atoms with Crippen molar-refractivity contribution in [3.63, 3.8) is 0 Å². The van der Waals surface area contributed by atoms with E-state index in [0.717, 1.165) is 12.1 Å². The lowest BCUT2D eigenvalue weighted by Crippen LogP contribution is -2.28. The summed E-state index contributed by atoms with van der Waals surface area (Å²) in [6.07, 6.45) is -1.07. The van der Waals surface area contributed by atoms with Gasteiger partial charge in [0, 0.05) is 24.6 Å². The van der Waals surface area contributed by atoms with Crippen LogP contribution in [0.3, 0.4) is 0 Å². The van der Waals surface area contributed by atoms with Gasteiger partial charge in [-0.3, -0.25) is 14.4 Å². The van der Waals surface area contributed by atoms with Gasteiger partial charge in [-0.1, -0.05) is 30.3 Å². The molecule has 3 N–H and O–H groups in total. The molecule has 27 heavy (non-hydrogen) atoms. The van der Waals surface area contributed by atoms with E-state index in [1.807, 2.05) is 0 Å². The molecule has 0 aliphatic rings. The van der Waals surface area contributed by atoms with Crippen LogP contribution in [0.25, 0.3) is 0 Å². The number of amides is 2. The molecule has 2 rings (SSSR count). The standard InChI is InChI=1S/C19H18F2N2O4/c20-13-8-9-14(15(21)11-13)19(26)23-10-4-7-16(24)27-17(18(22)25)12-5-2-1-3-6-12/h1-3,5-6,8-9,11,17H,4,7,10H2,(H2,22,25)(H,23,26). The number of halogens is 2. The highest BCUT2D eigenvalue weighted by atomic mass is 19.1. The topological polar surface area (TPSA) is 98.5 Å². The molecule has 0 bridgehead atoms. The van der Waals surface area contributed by atoms with Crippen molar-refractivity contribution < 1.29 is 27.9 Å². The van der Waals surface area contributed by atoms with Crippen LogP contribution >= 0.6 is 0 Å². The maximum Gasteiger partial charge on any atom is 0.306 e. The lowest BCUT2D eigenvalue weighted by Gasteiger charge is -2.15. The predicted molar refractivity (Wildman–Crippen MR) is 92.4 cm³/mol. The van der Waals surface area contributed by atoms with Crippen molar-refractivity contribution in [2.45, 2.75) is 18.9 Å². The molecule has 2 amide bonds. The molecule has 0 radical (unpaired) electrons. The highest BCUT2D eigenvalue weighted by Gasteiger charge is 2.22. The zero-order valence-electron chi connectivity index (χ0n) is 14.3. The van der Waals surface area contributed by atoms with E-state index in [1.54, 1.807) is 30.3 Å². The number of carbonyl (C=O) groups is 3. The molecule has 0 heterocycles. The normalized spacial score (nSPS) is 11.5. The van der Waals surface area contributed by atoms with E-state index < -0.39 is 35.5 Å². The molecule has 1 unspecified atom stereocenters. The van der Waals surface area contributed by atoms with Crippen LogP contribution in [0.1, 0.15) is 34.9 Å². The van der Waals surface area contributed by atoms with E-state index in [-0.39, 0.29) is 24.9 Å². The molecule has 6 nitrogen and oxygen atoms in total. The Labute approximate surface area is 154 Å². The van der Waals surface area contributed by atoms with Gasteiger partial charge < -0.3 is 15.8 Å². The third-order valence-corrected chi connectivity index (χ3v) is 3.63. The molecule has 2 aromatic rings. The fraction of sp³-hybridized carbons (Fsp3) is 0.211. The average molecular weight is 376 g/mol. The number of hydrogen-bond donors (Lipinski definition) is 2. The van der Waals surface area contributed by atoms with Gasteiger partial charge in [0.15, 0.2) is 0 Å². The van der Waals surface area contributed by atoms with Crippen LogP contribution in [0.2, 0.25) is 0 Å². The van der Waals surface area contributed by atoms with Crippen LogP contribution in [0.5, 0.6) is 0 Å². The predicted octanol–water partition coefficient (Wildman–Crippen LogP) is 2.24. The Morgan fingerprint density at radius 1 is 1.07 bits per heavy atom. The number of esters is 1. The van der Waals surface area contributed by atoms with Crippen molar-refractivity contribution in [2.75, 3.05) is 6.54 Å². The van der Waals surface area contributed by atoms with E-state index in [0.29, 0.717) is 11.6 Å². The molecule has 0 aliphatic heterocycles. The fourth-order valence-electron chi connectivity index (χ4n) is 2.31. The minimum Gasteiger partial charge on any atom is -0.447 e. The summed E-state index contributed by atoms with van der Waals surface area (Å²) < 4.78 is 31.4. The smallest absolute Gasteiger partial charge is 0.306 e. The van der Waals surface area contributed by atoms with Gasteiger partial charge in [-0.15, -0.1) is 0 Å². The van der Waals surface area contributed by atoms with Crippen molar-refractivity contribution in [3.8, 4) is 0 Å². The highest BCUT2D eigenvalue weighted by molar-refractivity contribution is 5.94. The van der Waals surface area contributed by atoms with Crippen molar-refractivity contribution in [1.82, 2.24) is 5.32 Å². The van der Waals surface area contributed by atoms with Gasteiger partial charge in [0.2, 0.25) is 6.10 Å². The second-order valence-electron chi connectivity index (χ2n) is 5.67. The van der Waals surface area contributed by atoms with E-state index in [9.17, 15) is 23.2 Å². The van der Waals surface area contributed by atoms with E-state index >= 15 is 0 Å². The van der Waals surface area contributed by atoms with Crippen LogP contribution in [0.4, 0.5) is 8.78 Å². The first-order valence-electron chi connectivity index (χ1n) is 8.15. The number of hydrogen-bond acceptors (Lipinski definition) is 4. The largest absolute Gasteiger partial charge is 0.447 e. The molecule has 0 aromatic heterocycles. The zero-order valence-corrected chi connectivity index (χ0v) is 14.3. The van der Waals surface area contributed by atoms with E-state index in [4.69, 9.17) is 10.5 Å². The third-order valence-electron chi connectivity index (χ3n) is 3.63. The SMILES string of the molecule is NC(=O)C(OC(=O)CCCNC(=O)c1ccc(F)cc1F)c1ccccc1. The number of benzene rings is 2. The number of rotatable bonds is 8. The Morgan fingerprint density at radius 3 is 2.41 bits per heavy atom. The van der Waals surface area contributed by atoms with Gasteiger partial charge in [0.25, 0.3) is 11.8 Å². The Morgan fingerprint density at radius 2 is 1.78 bits per heavy atom. The van der Waals surface area contributed by atoms with Crippen LogP contribution in [0, 0.1) is 11.6 Å². The molecule has 8 heteroatoms. The third kappa shape index (κ3) is 5.88. The van der Waals surface area contributed by atoms with Crippen LogP contribution < -0.4 is 11.1 Å². The second-order valence-corrected chi connectivity index (χ2v) is 5.67. The van der Waals surface area contributed by atoms with Gasteiger partial charge in [0.05, 0.1) is 5.56 Å². The van der Waals surface area contributed by atoms with Crippen LogP contribution in [0.15, 0.2) is 48.5 Å². The lowest BCUT2D eigenvalue weighted by molar-refractivity contribution is -0.155. The molecule has 1 atom stereocenters. The van der Waals surface area contributed by atoms with Gasteiger partial charge in [-0.05, 0) is 18.6 Å². The first kappa shape index (κ1) is 20.0. The summed E-state index contributed by atoms with van der Waals surface area (Å²) in [6.45, 7) is 0.0668.